The molecule has 0 unspecified atom stereocenters. The fourth-order valence-corrected chi connectivity index (χ4v) is 6.33. The minimum absolute atomic E-state index is 0.0607. The summed E-state index contributed by atoms with van der Waals surface area (Å²) in [7, 11) is -1.18. The molecule has 0 radical (unpaired) electrons. The Morgan fingerprint density at radius 1 is 1.40 bits per heavy atom. The average molecular weight is 381 g/mol. The van der Waals surface area contributed by atoms with Gasteiger partial charge in [-0.15, -0.1) is 11.8 Å². The Bertz CT molecular complexity index is 947. The van der Waals surface area contributed by atoms with Gasteiger partial charge in [0, 0.05) is 24.4 Å². The summed E-state index contributed by atoms with van der Waals surface area (Å²) in [4.78, 5) is 12.2. The number of fused-ring (bicyclic) bond motifs is 1. The molecule has 0 aromatic carbocycles. The van der Waals surface area contributed by atoms with Crippen molar-refractivity contribution in [3.05, 3.63) is 29.2 Å². The molecular weight excluding hydrogens is 362 g/mol. The van der Waals surface area contributed by atoms with E-state index in [4.69, 9.17) is 0 Å². The minimum Gasteiger partial charge on any atom is -0.310 e. The van der Waals surface area contributed by atoms with Gasteiger partial charge in [-0.25, -0.2) is 13.1 Å². The second kappa shape index (κ2) is 5.87. The van der Waals surface area contributed by atoms with Crippen LogP contribution >= 0.6 is 11.8 Å². The minimum atomic E-state index is -3.04. The SMILES string of the molecule is Cc1nn([C@H]2CCS(=O)(=O)C2)c2c1[C@H](c1cnn(C)c1)SCC(=O)N2. The molecule has 2 aliphatic heterocycles. The summed E-state index contributed by atoms with van der Waals surface area (Å²) in [5.41, 5.74) is 2.75. The van der Waals surface area contributed by atoms with Crippen LogP contribution in [-0.4, -0.2) is 51.1 Å². The number of aromatic nitrogens is 4. The van der Waals surface area contributed by atoms with Crippen LogP contribution in [0.4, 0.5) is 5.82 Å². The molecule has 4 rings (SSSR count). The molecule has 8 nitrogen and oxygen atoms in total. The Balaban J connectivity index is 1.82. The zero-order valence-electron chi connectivity index (χ0n) is 14.0. The van der Waals surface area contributed by atoms with Gasteiger partial charge in [-0.3, -0.25) is 9.48 Å². The normalized spacial score (nSPS) is 25.4. The number of hydrogen-bond acceptors (Lipinski definition) is 6. The van der Waals surface area contributed by atoms with Gasteiger partial charge in [-0.1, -0.05) is 0 Å². The van der Waals surface area contributed by atoms with Gasteiger partial charge in [0.05, 0.1) is 40.4 Å². The fourth-order valence-electron chi connectivity index (χ4n) is 3.48. The lowest BCUT2D eigenvalue weighted by Gasteiger charge is -2.15. The Labute approximate surface area is 149 Å². The molecule has 4 heterocycles. The van der Waals surface area contributed by atoms with Gasteiger partial charge in [0.15, 0.2) is 9.84 Å². The fraction of sp³-hybridized carbons (Fsp3) is 0.533. The second-order valence-electron chi connectivity index (χ2n) is 6.54. The Hall–Kier alpha value is -1.81. The highest BCUT2D eigenvalue weighted by Crippen LogP contribution is 2.44. The standard InChI is InChI=1S/C15H19N5O3S2/c1-9-13-14(10-5-16-19(2)6-10)24-7-12(21)17-15(13)20(18-9)11-3-4-25(22,23)8-11/h5-6,11,14H,3-4,7-8H2,1-2H3,(H,17,21)/t11-,14-/m0/s1. The molecule has 1 N–H and O–H groups in total. The summed E-state index contributed by atoms with van der Waals surface area (Å²) >= 11 is 1.53. The number of nitrogens with one attached hydrogen (secondary N) is 1. The molecule has 1 fully saturated rings. The van der Waals surface area contributed by atoms with Gasteiger partial charge in [0.2, 0.25) is 5.91 Å². The predicted molar refractivity (Wildman–Crippen MR) is 95.4 cm³/mol. The van der Waals surface area contributed by atoms with Crippen LogP contribution in [0, 0.1) is 6.92 Å². The van der Waals surface area contributed by atoms with Crippen LogP contribution in [0.25, 0.3) is 0 Å². The number of aryl methyl sites for hydroxylation is 2. The maximum Gasteiger partial charge on any atom is 0.235 e. The van der Waals surface area contributed by atoms with Gasteiger partial charge >= 0.3 is 0 Å². The molecule has 2 aromatic heterocycles. The van der Waals surface area contributed by atoms with Crippen LogP contribution in [0.5, 0.6) is 0 Å². The summed E-state index contributed by atoms with van der Waals surface area (Å²) < 4.78 is 27.2. The number of carbonyl (C=O) groups is 1. The summed E-state index contributed by atoms with van der Waals surface area (Å²) in [5.74, 6) is 1.10. The maximum atomic E-state index is 12.2. The van der Waals surface area contributed by atoms with Crippen molar-refractivity contribution in [3.8, 4) is 0 Å². The number of amides is 1. The number of nitrogens with zero attached hydrogens (tertiary/aromatic N) is 4. The van der Waals surface area contributed by atoms with Crippen LogP contribution in [0.3, 0.4) is 0 Å². The summed E-state index contributed by atoms with van der Waals surface area (Å²) in [6.07, 6.45) is 4.26. The maximum absolute atomic E-state index is 12.2. The largest absolute Gasteiger partial charge is 0.310 e. The second-order valence-corrected chi connectivity index (χ2v) is 9.86. The third-order valence-corrected chi connectivity index (χ3v) is 7.64. The van der Waals surface area contributed by atoms with E-state index in [1.807, 2.05) is 20.2 Å². The highest BCUT2D eigenvalue weighted by molar-refractivity contribution is 8.00. The number of rotatable bonds is 2. The highest BCUT2D eigenvalue weighted by atomic mass is 32.2. The third kappa shape index (κ3) is 2.97. The zero-order chi connectivity index (χ0) is 17.8. The Morgan fingerprint density at radius 2 is 2.20 bits per heavy atom. The lowest BCUT2D eigenvalue weighted by atomic mass is 10.1. The quantitative estimate of drug-likeness (QED) is 0.835. The van der Waals surface area contributed by atoms with Crippen molar-refractivity contribution in [1.29, 1.82) is 0 Å². The molecule has 0 saturated carbocycles. The summed E-state index contributed by atoms with van der Waals surface area (Å²) in [5, 5.41) is 11.7. The van der Waals surface area contributed by atoms with E-state index in [2.05, 4.69) is 15.5 Å². The molecule has 2 aromatic rings. The van der Waals surface area contributed by atoms with Crippen molar-refractivity contribution in [3.63, 3.8) is 0 Å². The monoisotopic (exact) mass is 381 g/mol. The first-order valence-corrected chi connectivity index (χ1v) is 10.9. The molecule has 25 heavy (non-hydrogen) atoms. The van der Waals surface area contributed by atoms with E-state index < -0.39 is 9.84 Å². The summed E-state index contributed by atoms with van der Waals surface area (Å²) in [6, 6.07) is -0.231. The van der Waals surface area contributed by atoms with Crippen molar-refractivity contribution < 1.29 is 13.2 Å². The van der Waals surface area contributed by atoms with Gasteiger partial charge in [-0.05, 0) is 13.3 Å². The smallest absolute Gasteiger partial charge is 0.235 e. The molecule has 0 bridgehead atoms. The zero-order valence-corrected chi connectivity index (χ0v) is 15.6. The third-order valence-electron chi connectivity index (χ3n) is 4.61. The predicted octanol–water partition coefficient (Wildman–Crippen LogP) is 1.06. The van der Waals surface area contributed by atoms with Crippen molar-refractivity contribution >= 4 is 33.3 Å². The number of hydrogen-bond donors (Lipinski definition) is 1. The first kappa shape index (κ1) is 16.6. The van der Waals surface area contributed by atoms with Crippen LogP contribution in [0.2, 0.25) is 0 Å². The van der Waals surface area contributed by atoms with Crippen LogP contribution < -0.4 is 5.32 Å². The van der Waals surface area contributed by atoms with E-state index in [9.17, 15) is 13.2 Å². The number of sulfone groups is 1. The van der Waals surface area contributed by atoms with E-state index in [0.29, 0.717) is 18.0 Å². The molecule has 10 heteroatoms. The van der Waals surface area contributed by atoms with Gasteiger partial charge in [-0.2, -0.15) is 10.2 Å². The number of carbonyl (C=O) groups excluding carboxylic acids is 1. The molecule has 1 saturated heterocycles. The first-order chi connectivity index (χ1) is 11.8. The van der Waals surface area contributed by atoms with E-state index in [-0.39, 0.29) is 28.7 Å². The topological polar surface area (TPSA) is 98.9 Å². The highest BCUT2D eigenvalue weighted by Gasteiger charge is 2.36. The Morgan fingerprint density at radius 3 is 2.84 bits per heavy atom. The van der Waals surface area contributed by atoms with E-state index in [1.54, 1.807) is 15.6 Å². The van der Waals surface area contributed by atoms with Crippen LogP contribution in [0.1, 0.15) is 34.5 Å². The molecule has 2 atom stereocenters. The van der Waals surface area contributed by atoms with Crippen molar-refractivity contribution in [2.24, 2.45) is 7.05 Å². The van der Waals surface area contributed by atoms with Crippen molar-refractivity contribution in [2.45, 2.75) is 24.6 Å². The van der Waals surface area contributed by atoms with E-state index >= 15 is 0 Å². The van der Waals surface area contributed by atoms with Crippen molar-refractivity contribution in [1.82, 2.24) is 19.6 Å². The van der Waals surface area contributed by atoms with E-state index in [0.717, 1.165) is 16.8 Å². The van der Waals surface area contributed by atoms with Crippen molar-refractivity contribution in [2.75, 3.05) is 22.6 Å². The van der Waals surface area contributed by atoms with Gasteiger partial charge in [0.25, 0.3) is 0 Å². The lowest BCUT2D eigenvalue weighted by molar-refractivity contribution is -0.113. The number of thioether (sulfide) groups is 1. The molecule has 0 aliphatic carbocycles. The Kier molecular flexibility index (Phi) is 3.91. The summed E-state index contributed by atoms with van der Waals surface area (Å²) in [6.45, 7) is 1.90. The van der Waals surface area contributed by atoms with Gasteiger partial charge in [0.1, 0.15) is 5.82 Å². The average Bonchev–Trinajstić information content (AvgIpc) is 3.16. The molecule has 0 spiro atoms. The van der Waals surface area contributed by atoms with E-state index in [1.165, 1.54) is 11.8 Å². The van der Waals surface area contributed by atoms with Gasteiger partial charge < -0.3 is 5.32 Å². The molecule has 134 valence electrons. The van der Waals surface area contributed by atoms with Crippen LogP contribution in [-0.2, 0) is 21.7 Å². The number of anilines is 1. The first-order valence-electron chi connectivity index (χ1n) is 8.03. The molecule has 2 aliphatic rings. The molecular formula is C15H19N5O3S2. The lowest BCUT2D eigenvalue weighted by Crippen LogP contribution is -2.20. The molecule has 1 amide bonds. The van der Waals surface area contributed by atoms with Crippen LogP contribution in [0.15, 0.2) is 12.4 Å².